The zero-order valence-corrected chi connectivity index (χ0v) is 12.3. The molecule has 1 rings (SSSR count). The van der Waals surface area contributed by atoms with E-state index < -0.39 is 0 Å². The van der Waals surface area contributed by atoms with Gasteiger partial charge >= 0.3 is 0 Å². The highest BCUT2D eigenvalue weighted by Gasteiger charge is 2.12. The normalized spacial score (nSPS) is 21.2. The smallest absolute Gasteiger partial charge is 0.0623 e. The topological polar surface area (TPSA) is 21.3 Å². The summed E-state index contributed by atoms with van der Waals surface area (Å²) in [5.41, 5.74) is 1.52. The maximum atomic E-state index is 5.47. The van der Waals surface area contributed by atoms with E-state index in [4.69, 9.17) is 4.74 Å². The monoisotopic (exact) mass is 253 g/mol. The number of morpholine rings is 1. The second kappa shape index (κ2) is 10.6. The molecule has 2 nitrogen and oxygen atoms in total. The van der Waals surface area contributed by atoms with E-state index in [-0.39, 0.29) is 0 Å². The molecule has 1 aliphatic heterocycles. The molecule has 1 saturated heterocycles. The summed E-state index contributed by atoms with van der Waals surface area (Å²) in [5.74, 6) is 0. The highest BCUT2D eigenvalue weighted by Crippen LogP contribution is 2.12. The molecule has 0 aromatic carbocycles. The average Bonchev–Trinajstić information content (AvgIpc) is 2.39. The van der Waals surface area contributed by atoms with Crippen LogP contribution in [0.5, 0.6) is 0 Å². The fourth-order valence-corrected chi connectivity index (χ4v) is 2.50. The molecule has 0 spiro atoms. The molecule has 1 heterocycles. The summed E-state index contributed by atoms with van der Waals surface area (Å²) < 4.78 is 5.47. The first kappa shape index (κ1) is 15.7. The van der Waals surface area contributed by atoms with E-state index in [1.807, 2.05) is 0 Å². The third kappa shape index (κ3) is 7.88. The van der Waals surface area contributed by atoms with E-state index in [9.17, 15) is 0 Å². The molecule has 106 valence electrons. The van der Waals surface area contributed by atoms with Crippen molar-refractivity contribution in [3.8, 4) is 0 Å². The van der Waals surface area contributed by atoms with Crippen molar-refractivity contribution in [2.45, 2.75) is 71.3 Å². The fourth-order valence-electron chi connectivity index (χ4n) is 2.50. The van der Waals surface area contributed by atoms with Gasteiger partial charge in [0.25, 0.3) is 0 Å². The molecule has 0 amide bonds. The lowest BCUT2D eigenvalue weighted by Crippen LogP contribution is -2.41. The molecule has 2 heteroatoms. The molecular formula is C16H31NO. The van der Waals surface area contributed by atoms with Crippen LogP contribution in [0.4, 0.5) is 0 Å². The maximum Gasteiger partial charge on any atom is 0.0623 e. The molecule has 0 radical (unpaired) electrons. The van der Waals surface area contributed by atoms with Crippen LogP contribution in [0.25, 0.3) is 0 Å². The van der Waals surface area contributed by atoms with E-state index >= 15 is 0 Å². The Hall–Kier alpha value is -0.340. The van der Waals surface area contributed by atoms with Crippen molar-refractivity contribution in [3.63, 3.8) is 0 Å². The van der Waals surface area contributed by atoms with Crippen LogP contribution in [-0.4, -0.2) is 25.8 Å². The Morgan fingerprint density at radius 1 is 1.22 bits per heavy atom. The molecule has 1 atom stereocenters. The number of hydrogen-bond donors (Lipinski definition) is 1. The van der Waals surface area contributed by atoms with Gasteiger partial charge in [0.05, 0.1) is 13.2 Å². The Balaban J connectivity index is 1.99. The molecule has 0 saturated carbocycles. The van der Waals surface area contributed by atoms with Gasteiger partial charge in [0, 0.05) is 12.6 Å². The van der Waals surface area contributed by atoms with Crippen molar-refractivity contribution >= 4 is 0 Å². The van der Waals surface area contributed by atoms with Crippen LogP contribution < -0.4 is 5.32 Å². The summed E-state index contributed by atoms with van der Waals surface area (Å²) in [4.78, 5) is 0. The van der Waals surface area contributed by atoms with Crippen molar-refractivity contribution in [2.24, 2.45) is 0 Å². The average molecular weight is 253 g/mol. The van der Waals surface area contributed by atoms with Crippen LogP contribution in [0, 0.1) is 0 Å². The van der Waals surface area contributed by atoms with Crippen LogP contribution in [0.1, 0.15) is 65.2 Å². The summed E-state index contributed by atoms with van der Waals surface area (Å²) in [6.45, 7) is 7.29. The molecule has 1 fully saturated rings. The van der Waals surface area contributed by atoms with Gasteiger partial charge < -0.3 is 10.1 Å². The SMILES string of the molecule is CCCCCCCC/C=C(/C)CC1COCCN1. The van der Waals surface area contributed by atoms with Gasteiger partial charge in [-0.15, -0.1) is 0 Å². The first-order chi connectivity index (χ1) is 8.83. The van der Waals surface area contributed by atoms with Crippen LogP contribution in [0.3, 0.4) is 0 Å². The third-order valence-electron chi connectivity index (χ3n) is 3.62. The lowest BCUT2D eigenvalue weighted by atomic mass is 10.0. The van der Waals surface area contributed by atoms with Gasteiger partial charge in [0.15, 0.2) is 0 Å². The number of unbranched alkanes of at least 4 members (excludes halogenated alkanes) is 6. The third-order valence-corrected chi connectivity index (χ3v) is 3.62. The van der Waals surface area contributed by atoms with E-state index in [1.54, 1.807) is 0 Å². The predicted octanol–water partition coefficient (Wildman–Crippen LogP) is 4.06. The Kier molecular flexibility index (Phi) is 9.23. The fraction of sp³-hybridized carbons (Fsp3) is 0.875. The number of nitrogens with one attached hydrogen (secondary N) is 1. The summed E-state index contributed by atoms with van der Waals surface area (Å²) in [6, 6.07) is 0.541. The minimum atomic E-state index is 0.541. The molecular weight excluding hydrogens is 222 g/mol. The van der Waals surface area contributed by atoms with Crippen molar-refractivity contribution in [2.75, 3.05) is 19.8 Å². The van der Waals surface area contributed by atoms with Crippen LogP contribution >= 0.6 is 0 Å². The van der Waals surface area contributed by atoms with E-state index in [0.717, 1.165) is 26.2 Å². The molecule has 1 unspecified atom stereocenters. The minimum absolute atomic E-state index is 0.541. The van der Waals surface area contributed by atoms with Crippen LogP contribution in [-0.2, 0) is 4.74 Å². The minimum Gasteiger partial charge on any atom is -0.379 e. The highest BCUT2D eigenvalue weighted by molar-refractivity contribution is 5.01. The molecule has 0 bridgehead atoms. The molecule has 1 N–H and O–H groups in total. The van der Waals surface area contributed by atoms with Gasteiger partial charge in [0.2, 0.25) is 0 Å². The Labute approximate surface area is 113 Å². The number of ether oxygens (including phenoxy) is 1. The quantitative estimate of drug-likeness (QED) is 0.494. The maximum absolute atomic E-state index is 5.47. The van der Waals surface area contributed by atoms with Gasteiger partial charge in [-0.25, -0.2) is 0 Å². The number of allylic oxidation sites excluding steroid dienone is 1. The van der Waals surface area contributed by atoms with Crippen molar-refractivity contribution in [1.82, 2.24) is 5.32 Å². The number of rotatable bonds is 9. The van der Waals surface area contributed by atoms with Gasteiger partial charge in [-0.05, 0) is 26.2 Å². The predicted molar refractivity (Wildman–Crippen MR) is 79.0 cm³/mol. The largest absolute Gasteiger partial charge is 0.379 e. The summed E-state index contributed by atoms with van der Waals surface area (Å²) in [5, 5.41) is 3.51. The van der Waals surface area contributed by atoms with Crippen LogP contribution in [0.15, 0.2) is 11.6 Å². The van der Waals surface area contributed by atoms with Crippen LogP contribution in [0.2, 0.25) is 0 Å². The lowest BCUT2D eigenvalue weighted by molar-refractivity contribution is 0.0770. The first-order valence-corrected chi connectivity index (χ1v) is 7.79. The van der Waals surface area contributed by atoms with Gasteiger partial charge in [-0.3, -0.25) is 0 Å². The van der Waals surface area contributed by atoms with E-state index in [1.165, 1.54) is 50.5 Å². The van der Waals surface area contributed by atoms with E-state index in [2.05, 4.69) is 25.2 Å². The van der Waals surface area contributed by atoms with Gasteiger partial charge in [0.1, 0.15) is 0 Å². The molecule has 18 heavy (non-hydrogen) atoms. The summed E-state index contributed by atoms with van der Waals surface area (Å²) >= 11 is 0. The molecule has 1 aliphatic rings. The van der Waals surface area contributed by atoms with Gasteiger partial charge in [-0.2, -0.15) is 0 Å². The number of hydrogen-bond acceptors (Lipinski definition) is 2. The Morgan fingerprint density at radius 3 is 2.72 bits per heavy atom. The van der Waals surface area contributed by atoms with Gasteiger partial charge in [-0.1, -0.05) is 50.7 Å². The summed E-state index contributed by atoms with van der Waals surface area (Å²) in [7, 11) is 0. The molecule has 0 aromatic rings. The lowest BCUT2D eigenvalue weighted by Gasteiger charge is -2.24. The second-order valence-corrected chi connectivity index (χ2v) is 5.54. The zero-order chi connectivity index (χ0) is 13.1. The highest BCUT2D eigenvalue weighted by atomic mass is 16.5. The second-order valence-electron chi connectivity index (χ2n) is 5.54. The van der Waals surface area contributed by atoms with E-state index in [0.29, 0.717) is 6.04 Å². The standard InChI is InChI=1S/C16H31NO/c1-3-4-5-6-7-8-9-10-15(2)13-16-14-18-12-11-17-16/h10,16-17H,3-9,11-14H2,1-2H3/b15-10-. The Morgan fingerprint density at radius 2 is 2.00 bits per heavy atom. The molecule has 0 aliphatic carbocycles. The Bertz CT molecular complexity index is 219. The first-order valence-electron chi connectivity index (χ1n) is 7.79. The molecule has 0 aromatic heterocycles. The zero-order valence-electron chi connectivity index (χ0n) is 12.3. The van der Waals surface area contributed by atoms with Crippen molar-refractivity contribution < 1.29 is 4.74 Å². The summed E-state index contributed by atoms with van der Waals surface area (Å²) in [6.07, 6.45) is 13.2. The van der Waals surface area contributed by atoms with Crippen molar-refractivity contribution in [3.05, 3.63) is 11.6 Å². The van der Waals surface area contributed by atoms with Crippen molar-refractivity contribution in [1.29, 1.82) is 0 Å².